The van der Waals surface area contributed by atoms with Crippen LogP contribution < -0.4 is 0 Å². The minimum Gasteiger partial charge on any atom is -0.468 e. The van der Waals surface area contributed by atoms with Crippen LogP contribution in [0.5, 0.6) is 0 Å². The van der Waals surface area contributed by atoms with Crippen LogP contribution in [0.4, 0.5) is 0 Å². The lowest BCUT2D eigenvalue weighted by Crippen LogP contribution is -2.09. The van der Waals surface area contributed by atoms with Crippen molar-refractivity contribution in [1.82, 2.24) is 0 Å². The lowest BCUT2D eigenvalue weighted by atomic mass is 10.00. The van der Waals surface area contributed by atoms with Gasteiger partial charge in [0.1, 0.15) is 11.9 Å². The second-order valence-corrected chi connectivity index (χ2v) is 2.97. The molecule has 2 heteroatoms. The summed E-state index contributed by atoms with van der Waals surface area (Å²) in [6.07, 6.45) is 10.3. The van der Waals surface area contributed by atoms with Gasteiger partial charge >= 0.3 is 0 Å². The van der Waals surface area contributed by atoms with E-state index >= 15 is 0 Å². The molecule has 0 aromatic heterocycles. The summed E-state index contributed by atoms with van der Waals surface area (Å²) in [7, 11) is 0. The van der Waals surface area contributed by atoms with Crippen LogP contribution in [0.1, 0.15) is 0 Å². The fourth-order valence-corrected chi connectivity index (χ4v) is 1.70. The first kappa shape index (κ1) is 6.26. The van der Waals surface area contributed by atoms with Gasteiger partial charge in [-0.05, 0) is 11.6 Å². The van der Waals surface area contributed by atoms with E-state index in [4.69, 9.17) is 9.47 Å². The zero-order valence-electron chi connectivity index (χ0n) is 6.49. The summed E-state index contributed by atoms with van der Waals surface area (Å²) in [5, 5.41) is 0. The number of allylic oxidation sites excluding steroid dienone is 6. The van der Waals surface area contributed by atoms with Crippen molar-refractivity contribution >= 4 is 0 Å². The highest BCUT2D eigenvalue weighted by atomic mass is 16.7. The van der Waals surface area contributed by atoms with Gasteiger partial charge in [-0.2, -0.15) is 0 Å². The molecule has 0 saturated carbocycles. The maximum absolute atomic E-state index is 5.38. The number of rotatable bonds is 0. The van der Waals surface area contributed by atoms with E-state index in [9.17, 15) is 0 Å². The predicted molar refractivity (Wildman–Crippen MR) is 44.2 cm³/mol. The second kappa shape index (κ2) is 2.11. The van der Waals surface area contributed by atoms with Crippen LogP contribution >= 0.6 is 0 Å². The van der Waals surface area contributed by atoms with Crippen molar-refractivity contribution in [3.05, 3.63) is 47.3 Å². The Labute approximate surface area is 70.5 Å². The summed E-state index contributed by atoms with van der Waals surface area (Å²) in [4.78, 5) is 0. The lowest BCUT2D eigenvalue weighted by Gasteiger charge is -2.12. The molecule has 1 aliphatic heterocycles. The summed E-state index contributed by atoms with van der Waals surface area (Å²) < 4.78 is 10.7. The molecule has 1 atom stereocenters. The molecule has 0 bridgehead atoms. The molecule has 0 spiro atoms. The Morgan fingerprint density at radius 3 is 3.33 bits per heavy atom. The molecule has 3 rings (SSSR count). The molecule has 2 aliphatic carbocycles. The maximum Gasteiger partial charge on any atom is 0.190 e. The zero-order chi connectivity index (χ0) is 7.97. The number of fused-ring (bicyclic) bond motifs is 2. The predicted octanol–water partition coefficient (Wildman–Crippen LogP) is 1.68. The van der Waals surface area contributed by atoms with Gasteiger partial charge in [-0.25, -0.2) is 0 Å². The highest BCUT2D eigenvalue weighted by Gasteiger charge is 2.28. The van der Waals surface area contributed by atoms with Crippen LogP contribution in [0.25, 0.3) is 0 Å². The number of hydrogen-bond donors (Lipinski definition) is 0. The zero-order valence-corrected chi connectivity index (χ0v) is 6.49. The van der Waals surface area contributed by atoms with Crippen LogP contribution in [0, 0.1) is 0 Å². The molecule has 0 amide bonds. The van der Waals surface area contributed by atoms with Gasteiger partial charge in [-0.15, -0.1) is 0 Å². The Morgan fingerprint density at radius 2 is 2.33 bits per heavy atom. The lowest BCUT2D eigenvalue weighted by molar-refractivity contribution is 0.0629. The van der Waals surface area contributed by atoms with Crippen LogP contribution in [0.2, 0.25) is 0 Å². The molecule has 60 valence electrons. The molecule has 2 nitrogen and oxygen atoms in total. The molecular weight excluding hydrogens is 152 g/mol. The topological polar surface area (TPSA) is 18.5 Å². The van der Waals surface area contributed by atoms with Gasteiger partial charge < -0.3 is 9.47 Å². The third-order valence-corrected chi connectivity index (χ3v) is 2.29. The molecule has 12 heavy (non-hydrogen) atoms. The third-order valence-electron chi connectivity index (χ3n) is 2.29. The molecule has 1 saturated heterocycles. The van der Waals surface area contributed by atoms with E-state index in [1.165, 1.54) is 11.1 Å². The average Bonchev–Trinajstić information content (AvgIpc) is 2.71. The minimum atomic E-state index is 0.0555. The molecule has 0 N–H and O–H groups in total. The van der Waals surface area contributed by atoms with Crippen molar-refractivity contribution in [3.63, 3.8) is 0 Å². The summed E-state index contributed by atoms with van der Waals surface area (Å²) >= 11 is 0. The normalized spacial score (nSPS) is 30.0. The Kier molecular flexibility index (Phi) is 1.10. The monoisotopic (exact) mass is 160 g/mol. The SMILES string of the molecule is C1=CC2=C3OCOC3C=CC2=C1. The van der Waals surface area contributed by atoms with Gasteiger partial charge in [0.05, 0.1) is 0 Å². The minimum absolute atomic E-state index is 0.0555. The van der Waals surface area contributed by atoms with Crippen LogP contribution in [-0.4, -0.2) is 12.9 Å². The van der Waals surface area contributed by atoms with Crippen molar-refractivity contribution in [2.75, 3.05) is 6.79 Å². The molecule has 0 aromatic rings. The van der Waals surface area contributed by atoms with Gasteiger partial charge in [0.2, 0.25) is 0 Å². The summed E-state index contributed by atoms with van der Waals surface area (Å²) in [6, 6.07) is 0. The molecular formula is C10H8O2. The van der Waals surface area contributed by atoms with E-state index in [-0.39, 0.29) is 6.10 Å². The van der Waals surface area contributed by atoms with Gasteiger partial charge in [0.15, 0.2) is 6.79 Å². The number of hydrogen-bond acceptors (Lipinski definition) is 2. The average molecular weight is 160 g/mol. The highest BCUT2D eigenvalue weighted by Crippen LogP contribution is 2.34. The van der Waals surface area contributed by atoms with E-state index in [1.54, 1.807) is 0 Å². The molecule has 1 unspecified atom stereocenters. The third kappa shape index (κ3) is 0.676. The standard InChI is InChI=1S/C10H8O2/c1-2-7-4-5-9-10(8(7)3-1)12-6-11-9/h1-5,9H,6H2. The Balaban J connectivity index is 2.17. The molecule has 1 heterocycles. The van der Waals surface area contributed by atoms with Gasteiger partial charge in [0, 0.05) is 5.57 Å². The Hall–Kier alpha value is -1.28. The van der Waals surface area contributed by atoms with E-state index in [0.717, 1.165) is 5.76 Å². The second-order valence-electron chi connectivity index (χ2n) is 2.97. The van der Waals surface area contributed by atoms with E-state index in [2.05, 4.69) is 18.2 Å². The first-order chi connectivity index (χ1) is 5.95. The van der Waals surface area contributed by atoms with Crippen LogP contribution in [0.15, 0.2) is 47.3 Å². The summed E-state index contributed by atoms with van der Waals surface area (Å²) in [6.45, 7) is 0.384. The van der Waals surface area contributed by atoms with E-state index in [0.29, 0.717) is 6.79 Å². The van der Waals surface area contributed by atoms with E-state index < -0.39 is 0 Å². The molecule has 3 aliphatic rings. The fraction of sp³-hybridized carbons (Fsp3) is 0.200. The van der Waals surface area contributed by atoms with Crippen molar-refractivity contribution in [2.45, 2.75) is 6.10 Å². The van der Waals surface area contributed by atoms with Crippen molar-refractivity contribution in [2.24, 2.45) is 0 Å². The smallest absolute Gasteiger partial charge is 0.190 e. The summed E-state index contributed by atoms with van der Waals surface area (Å²) in [5.74, 6) is 0.970. The van der Waals surface area contributed by atoms with Crippen molar-refractivity contribution < 1.29 is 9.47 Å². The van der Waals surface area contributed by atoms with Gasteiger partial charge in [-0.3, -0.25) is 0 Å². The first-order valence-corrected chi connectivity index (χ1v) is 4.01. The largest absolute Gasteiger partial charge is 0.468 e. The molecule has 1 fully saturated rings. The quantitative estimate of drug-likeness (QED) is 0.536. The Morgan fingerprint density at radius 1 is 1.33 bits per heavy atom. The summed E-state index contributed by atoms with van der Waals surface area (Å²) in [5.41, 5.74) is 2.41. The Bertz CT molecular complexity index is 345. The first-order valence-electron chi connectivity index (χ1n) is 4.01. The van der Waals surface area contributed by atoms with Crippen molar-refractivity contribution in [3.8, 4) is 0 Å². The van der Waals surface area contributed by atoms with Gasteiger partial charge in [0.25, 0.3) is 0 Å². The van der Waals surface area contributed by atoms with Crippen LogP contribution in [0.3, 0.4) is 0 Å². The maximum atomic E-state index is 5.38. The van der Waals surface area contributed by atoms with E-state index in [1.807, 2.05) is 12.2 Å². The highest BCUT2D eigenvalue weighted by molar-refractivity contribution is 5.58. The number of ether oxygens (including phenoxy) is 2. The van der Waals surface area contributed by atoms with Crippen molar-refractivity contribution in [1.29, 1.82) is 0 Å². The molecule has 0 aromatic carbocycles. The molecule has 0 radical (unpaired) electrons. The fourth-order valence-electron chi connectivity index (χ4n) is 1.70. The van der Waals surface area contributed by atoms with Gasteiger partial charge in [-0.1, -0.05) is 24.3 Å². The van der Waals surface area contributed by atoms with Crippen LogP contribution in [-0.2, 0) is 9.47 Å².